The SMILES string of the molecule is O=C(O)CCC1NCCN(C2CCCC2)C1=O. The Morgan fingerprint density at radius 3 is 2.76 bits per heavy atom. The number of hydrogen-bond donors (Lipinski definition) is 2. The minimum atomic E-state index is -0.836. The molecule has 17 heavy (non-hydrogen) atoms. The lowest BCUT2D eigenvalue weighted by Gasteiger charge is -2.37. The van der Waals surface area contributed by atoms with Gasteiger partial charge >= 0.3 is 5.97 Å². The van der Waals surface area contributed by atoms with E-state index >= 15 is 0 Å². The van der Waals surface area contributed by atoms with Crippen molar-refractivity contribution in [3.8, 4) is 0 Å². The van der Waals surface area contributed by atoms with Crippen molar-refractivity contribution in [3.05, 3.63) is 0 Å². The summed E-state index contributed by atoms with van der Waals surface area (Å²) in [5, 5.41) is 11.8. The number of carboxylic acid groups (broad SMARTS) is 1. The van der Waals surface area contributed by atoms with Crippen molar-refractivity contribution in [1.82, 2.24) is 10.2 Å². The van der Waals surface area contributed by atoms with E-state index in [4.69, 9.17) is 5.11 Å². The Morgan fingerprint density at radius 2 is 2.12 bits per heavy atom. The van der Waals surface area contributed by atoms with Gasteiger partial charge in [-0.3, -0.25) is 9.59 Å². The van der Waals surface area contributed by atoms with E-state index in [1.807, 2.05) is 4.90 Å². The minimum Gasteiger partial charge on any atom is -0.481 e. The van der Waals surface area contributed by atoms with Gasteiger partial charge in [-0.25, -0.2) is 0 Å². The van der Waals surface area contributed by atoms with Crippen molar-refractivity contribution in [2.45, 2.75) is 50.6 Å². The largest absolute Gasteiger partial charge is 0.481 e. The van der Waals surface area contributed by atoms with E-state index in [2.05, 4.69) is 5.32 Å². The summed E-state index contributed by atoms with van der Waals surface area (Å²) in [5.74, 6) is -0.734. The lowest BCUT2D eigenvalue weighted by molar-refractivity contribution is -0.140. The molecular weight excluding hydrogens is 220 g/mol. The van der Waals surface area contributed by atoms with Gasteiger partial charge in [0.1, 0.15) is 0 Å². The van der Waals surface area contributed by atoms with Crippen LogP contribution in [0.15, 0.2) is 0 Å². The summed E-state index contributed by atoms with van der Waals surface area (Å²) >= 11 is 0. The second-order valence-corrected chi connectivity index (χ2v) is 4.91. The number of rotatable bonds is 4. The van der Waals surface area contributed by atoms with Crippen molar-refractivity contribution in [2.24, 2.45) is 0 Å². The van der Waals surface area contributed by atoms with Crippen molar-refractivity contribution in [2.75, 3.05) is 13.1 Å². The summed E-state index contributed by atoms with van der Waals surface area (Å²) in [4.78, 5) is 24.7. The molecule has 1 saturated carbocycles. The number of nitrogens with zero attached hydrogens (tertiary/aromatic N) is 1. The van der Waals surface area contributed by atoms with Crippen LogP contribution in [-0.4, -0.2) is 47.1 Å². The van der Waals surface area contributed by atoms with Crippen molar-refractivity contribution >= 4 is 11.9 Å². The molecule has 2 fully saturated rings. The van der Waals surface area contributed by atoms with Crippen LogP contribution in [0.4, 0.5) is 0 Å². The Balaban J connectivity index is 1.91. The van der Waals surface area contributed by atoms with Crippen LogP contribution < -0.4 is 5.32 Å². The van der Waals surface area contributed by atoms with Crippen molar-refractivity contribution in [1.29, 1.82) is 0 Å². The molecule has 1 heterocycles. The van der Waals surface area contributed by atoms with Crippen LogP contribution in [0.25, 0.3) is 0 Å². The van der Waals surface area contributed by atoms with E-state index in [1.165, 1.54) is 12.8 Å². The first-order chi connectivity index (χ1) is 8.18. The topological polar surface area (TPSA) is 69.6 Å². The first-order valence-electron chi connectivity index (χ1n) is 6.44. The molecule has 1 amide bonds. The summed E-state index contributed by atoms with van der Waals surface area (Å²) < 4.78 is 0. The van der Waals surface area contributed by atoms with Crippen molar-refractivity contribution < 1.29 is 14.7 Å². The van der Waals surface area contributed by atoms with Crippen LogP contribution >= 0.6 is 0 Å². The number of aliphatic carboxylic acids is 1. The number of carbonyl (C=O) groups is 2. The number of carbonyl (C=O) groups excluding carboxylic acids is 1. The fraction of sp³-hybridized carbons (Fsp3) is 0.833. The summed E-state index contributed by atoms with van der Waals surface area (Å²) in [6.07, 6.45) is 5.09. The maximum atomic E-state index is 12.2. The minimum absolute atomic E-state index is 0.0575. The third kappa shape index (κ3) is 2.97. The van der Waals surface area contributed by atoms with Crippen LogP contribution in [0.5, 0.6) is 0 Å². The zero-order valence-electron chi connectivity index (χ0n) is 10.0. The zero-order valence-corrected chi connectivity index (χ0v) is 10.0. The number of amides is 1. The number of piperazine rings is 1. The Hall–Kier alpha value is -1.10. The van der Waals surface area contributed by atoms with Gasteiger partial charge in [0.2, 0.25) is 5.91 Å². The van der Waals surface area contributed by atoms with Crippen LogP contribution in [-0.2, 0) is 9.59 Å². The molecule has 0 aromatic heterocycles. The molecule has 5 nitrogen and oxygen atoms in total. The fourth-order valence-electron chi connectivity index (χ4n) is 2.83. The Kier molecular flexibility index (Phi) is 3.99. The molecule has 96 valence electrons. The van der Waals surface area contributed by atoms with Gasteiger partial charge in [0, 0.05) is 25.6 Å². The molecule has 0 bridgehead atoms. The highest BCUT2D eigenvalue weighted by Gasteiger charge is 2.33. The van der Waals surface area contributed by atoms with E-state index in [9.17, 15) is 9.59 Å². The van der Waals surface area contributed by atoms with E-state index in [0.717, 1.165) is 25.9 Å². The van der Waals surface area contributed by atoms with Crippen LogP contribution in [0.3, 0.4) is 0 Å². The van der Waals surface area contributed by atoms with Gasteiger partial charge in [0.25, 0.3) is 0 Å². The van der Waals surface area contributed by atoms with Gasteiger partial charge in [0.15, 0.2) is 0 Å². The Morgan fingerprint density at radius 1 is 1.41 bits per heavy atom. The number of carboxylic acids is 1. The third-order valence-corrected chi connectivity index (χ3v) is 3.74. The highest BCUT2D eigenvalue weighted by molar-refractivity contribution is 5.83. The average molecular weight is 240 g/mol. The molecule has 2 aliphatic rings. The van der Waals surface area contributed by atoms with E-state index < -0.39 is 5.97 Å². The maximum Gasteiger partial charge on any atom is 0.303 e. The van der Waals surface area contributed by atoms with Crippen LogP contribution in [0.2, 0.25) is 0 Å². The Bertz CT molecular complexity index is 300. The molecule has 1 aliphatic carbocycles. The van der Waals surface area contributed by atoms with Crippen LogP contribution in [0.1, 0.15) is 38.5 Å². The standard InChI is InChI=1S/C12H20N2O3/c15-11(16)6-5-10-12(17)14(8-7-13-10)9-3-1-2-4-9/h9-10,13H,1-8H2,(H,15,16). The van der Waals surface area contributed by atoms with E-state index in [1.54, 1.807) is 0 Å². The van der Waals surface area contributed by atoms with Gasteiger partial charge in [-0.05, 0) is 19.3 Å². The first kappa shape index (κ1) is 12.4. The van der Waals surface area contributed by atoms with Gasteiger partial charge < -0.3 is 15.3 Å². The van der Waals surface area contributed by atoms with Crippen molar-refractivity contribution in [3.63, 3.8) is 0 Å². The zero-order chi connectivity index (χ0) is 12.3. The number of nitrogens with one attached hydrogen (secondary N) is 1. The van der Waals surface area contributed by atoms with E-state index in [0.29, 0.717) is 12.5 Å². The smallest absolute Gasteiger partial charge is 0.303 e. The fourth-order valence-corrected chi connectivity index (χ4v) is 2.83. The summed E-state index contributed by atoms with van der Waals surface area (Å²) in [6.45, 7) is 1.56. The summed E-state index contributed by atoms with van der Waals surface area (Å²) in [6, 6.07) is 0.109. The summed E-state index contributed by atoms with van der Waals surface area (Å²) in [5.41, 5.74) is 0. The molecule has 0 spiro atoms. The normalized spacial score (nSPS) is 26.5. The maximum absolute atomic E-state index is 12.2. The molecular formula is C12H20N2O3. The lowest BCUT2D eigenvalue weighted by Crippen LogP contribution is -2.57. The van der Waals surface area contributed by atoms with Gasteiger partial charge in [-0.2, -0.15) is 0 Å². The molecule has 2 N–H and O–H groups in total. The van der Waals surface area contributed by atoms with Gasteiger partial charge in [-0.15, -0.1) is 0 Å². The van der Waals surface area contributed by atoms with E-state index in [-0.39, 0.29) is 18.4 Å². The predicted molar refractivity (Wildman–Crippen MR) is 62.6 cm³/mol. The number of hydrogen-bond acceptors (Lipinski definition) is 3. The third-order valence-electron chi connectivity index (χ3n) is 3.74. The lowest BCUT2D eigenvalue weighted by atomic mass is 10.1. The molecule has 1 aliphatic heterocycles. The molecule has 1 unspecified atom stereocenters. The van der Waals surface area contributed by atoms with Crippen LogP contribution in [0, 0.1) is 0 Å². The quantitative estimate of drug-likeness (QED) is 0.754. The summed E-state index contributed by atoms with van der Waals surface area (Å²) in [7, 11) is 0. The van der Waals surface area contributed by atoms with Gasteiger partial charge in [-0.1, -0.05) is 12.8 Å². The molecule has 2 rings (SSSR count). The molecule has 1 atom stereocenters. The monoisotopic (exact) mass is 240 g/mol. The first-order valence-corrected chi connectivity index (χ1v) is 6.44. The Labute approximate surface area is 101 Å². The molecule has 0 radical (unpaired) electrons. The highest BCUT2D eigenvalue weighted by atomic mass is 16.4. The highest BCUT2D eigenvalue weighted by Crippen LogP contribution is 2.25. The molecule has 0 aromatic rings. The van der Waals surface area contributed by atoms with Gasteiger partial charge in [0.05, 0.1) is 6.04 Å². The molecule has 5 heteroatoms. The second-order valence-electron chi connectivity index (χ2n) is 4.91. The molecule has 0 aromatic carbocycles. The predicted octanol–water partition coefficient (Wildman–Crippen LogP) is 0.594. The molecule has 1 saturated heterocycles. The average Bonchev–Trinajstić information content (AvgIpc) is 2.81. The second kappa shape index (κ2) is 5.49.